The summed E-state index contributed by atoms with van der Waals surface area (Å²) in [5.41, 5.74) is 1.57. The van der Waals surface area contributed by atoms with Crippen LogP contribution in [0.15, 0.2) is 72.8 Å². The molecule has 2 nitrogen and oxygen atoms in total. The van der Waals surface area contributed by atoms with E-state index in [2.05, 4.69) is 0 Å². The van der Waals surface area contributed by atoms with Gasteiger partial charge in [-0.2, -0.15) is 0 Å². The molecule has 0 aromatic heterocycles. The van der Waals surface area contributed by atoms with Crippen LogP contribution < -0.4 is 0 Å². The molecule has 0 bridgehead atoms. The summed E-state index contributed by atoms with van der Waals surface area (Å²) in [7, 11) is 0. The van der Waals surface area contributed by atoms with Crippen LogP contribution in [-0.4, -0.2) is 5.97 Å². The smallest absolute Gasteiger partial charge is 0.338 e. The van der Waals surface area contributed by atoms with E-state index >= 15 is 0 Å². The number of esters is 1. The monoisotopic (exact) mass is 276 g/mol. The first-order valence-corrected chi connectivity index (χ1v) is 6.99. The number of rotatable bonds is 3. The molecule has 0 aliphatic carbocycles. The SMILES string of the molecule is CC(OC(=O)c1ccc2ccccc2c1)c1ccccc1. The van der Waals surface area contributed by atoms with Gasteiger partial charge in [-0.1, -0.05) is 60.7 Å². The van der Waals surface area contributed by atoms with Crippen LogP contribution in [0.1, 0.15) is 28.9 Å². The summed E-state index contributed by atoms with van der Waals surface area (Å²) in [5, 5.41) is 2.16. The molecular weight excluding hydrogens is 260 g/mol. The zero-order valence-corrected chi connectivity index (χ0v) is 11.8. The van der Waals surface area contributed by atoms with Crippen LogP contribution in [0.4, 0.5) is 0 Å². The molecule has 3 rings (SSSR count). The second-order valence-electron chi connectivity index (χ2n) is 5.02. The third-order valence-corrected chi connectivity index (χ3v) is 3.54. The maximum atomic E-state index is 12.2. The first kappa shape index (κ1) is 13.4. The fourth-order valence-electron chi connectivity index (χ4n) is 2.34. The lowest BCUT2D eigenvalue weighted by molar-refractivity contribution is 0.0338. The Labute approximate surface area is 124 Å². The van der Waals surface area contributed by atoms with Gasteiger partial charge in [0.1, 0.15) is 6.10 Å². The van der Waals surface area contributed by atoms with E-state index < -0.39 is 0 Å². The van der Waals surface area contributed by atoms with Crippen LogP contribution in [0.3, 0.4) is 0 Å². The summed E-state index contributed by atoms with van der Waals surface area (Å²) in [6, 6.07) is 23.3. The van der Waals surface area contributed by atoms with Gasteiger partial charge in [-0.05, 0) is 35.4 Å². The molecule has 2 heteroatoms. The molecule has 0 aliphatic heterocycles. The number of benzene rings is 3. The average Bonchev–Trinajstić information content (AvgIpc) is 2.55. The predicted octanol–water partition coefficient (Wildman–Crippen LogP) is 4.76. The van der Waals surface area contributed by atoms with Gasteiger partial charge in [0.05, 0.1) is 5.56 Å². The molecule has 1 atom stereocenters. The van der Waals surface area contributed by atoms with Crippen molar-refractivity contribution >= 4 is 16.7 Å². The molecule has 0 amide bonds. The number of hydrogen-bond donors (Lipinski definition) is 0. The van der Waals surface area contributed by atoms with Crippen molar-refractivity contribution in [2.45, 2.75) is 13.0 Å². The Hall–Kier alpha value is -2.61. The van der Waals surface area contributed by atoms with Crippen LogP contribution in [0.2, 0.25) is 0 Å². The normalized spacial score (nSPS) is 12.0. The lowest BCUT2D eigenvalue weighted by atomic mass is 10.1. The molecule has 0 saturated carbocycles. The second kappa shape index (κ2) is 5.80. The van der Waals surface area contributed by atoms with Crippen molar-refractivity contribution in [3.05, 3.63) is 83.9 Å². The minimum Gasteiger partial charge on any atom is -0.454 e. The van der Waals surface area contributed by atoms with E-state index in [1.807, 2.05) is 79.7 Å². The van der Waals surface area contributed by atoms with Gasteiger partial charge in [-0.3, -0.25) is 0 Å². The van der Waals surface area contributed by atoms with Crippen LogP contribution >= 0.6 is 0 Å². The van der Waals surface area contributed by atoms with E-state index in [1.54, 1.807) is 0 Å². The van der Waals surface area contributed by atoms with Crippen molar-refractivity contribution in [1.29, 1.82) is 0 Å². The molecule has 0 heterocycles. The Bertz CT molecular complexity index is 763. The second-order valence-corrected chi connectivity index (χ2v) is 5.02. The molecule has 3 aromatic carbocycles. The predicted molar refractivity (Wildman–Crippen MR) is 84.2 cm³/mol. The molecule has 0 fully saturated rings. The summed E-state index contributed by atoms with van der Waals surface area (Å²) < 4.78 is 5.53. The zero-order valence-electron chi connectivity index (χ0n) is 11.8. The Balaban J connectivity index is 1.80. The lowest BCUT2D eigenvalue weighted by Crippen LogP contribution is -2.09. The van der Waals surface area contributed by atoms with Gasteiger partial charge in [0.2, 0.25) is 0 Å². The summed E-state index contributed by atoms with van der Waals surface area (Å²) in [4.78, 5) is 12.2. The summed E-state index contributed by atoms with van der Waals surface area (Å²) in [6.45, 7) is 1.88. The Kier molecular flexibility index (Phi) is 3.69. The van der Waals surface area contributed by atoms with Crippen molar-refractivity contribution in [2.75, 3.05) is 0 Å². The van der Waals surface area contributed by atoms with Gasteiger partial charge < -0.3 is 4.74 Å². The highest BCUT2D eigenvalue weighted by molar-refractivity contribution is 5.95. The maximum Gasteiger partial charge on any atom is 0.338 e. The quantitative estimate of drug-likeness (QED) is 0.645. The number of hydrogen-bond acceptors (Lipinski definition) is 2. The molecule has 0 aliphatic rings. The van der Waals surface area contributed by atoms with Gasteiger partial charge in [0.15, 0.2) is 0 Å². The van der Waals surface area contributed by atoms with Gasteiger partial charge in [0.25, 0.3) is 0 Å². The summed E-state index contributed by atoms with van der Waals surface area (Å²) >= 11 is 0. The minimum absolute atomic E-state index is 0.259. The number of carbonyl (C=O) groups excluding carboxylic acids is 1. The van der Waals surface area contributed by atoms with Crippen molar-refractivity contribution in [2.24, 2.45) is 0 Å². The number of fused-ring (bicyclic) bond motifs is 1. The largest absolute Gasteiger partial charge is 0.454 e. The van der Waals surface area contributed by atoms with Crippen LogP contribution in [0, 0.1) is 0 Å². The van der Waals surface area contributed by atoms with Crippen molar-refractivity contribution in [3.8, 4) is 0 Å². The standard InChI is InChI=1S/C19H16O2/c1-14(15-7-3-2-4-8-15)21-19(20)18-12-11-16-9-5-6-10-17(16)13-18/h2-14H,1H3. The molecule has 0 spiro atoms. The summed E-state index contributed by atoms with van der Waals surface area (Å²) in [6.07, 6.45) is -0.259. The van der Waals surface area contributed by atoms with Crippen molar-refractivity contribution < 1.29 is 9.53 Å². The lowest BCUT2D eigenvalue weighted by Gasteiger charge is -2.13. The highest BCUT2D eigenvalue weighted by Crippen LogP contribution is 2.20. The summed E-state index contributed by atoms with van der Waals surface area (Å²) in [5.74, 6) is -0.294. The molecule has 1 unspecified atom stereocenters. The zero-order chi connectivity index (χ0) is 14.7. The first-order valence-electron chi connectivity index (χ1n) is 6.99. The van der Waals surface area contributed by atoms with Crippen LogP contribution in [0.5, 0.6) is 0 Å². The molecular formula is C19H16O2. The van der Waals surface area contributed by atoms with Gasteiger partial charge in [0, 0.05) is 0 Å². The molecule has 0 radical (unpaired) electrons. The Morgan fingerprint density at radius 1 is 0.857 bits per heavy atom. The average molecular weight is 276 g/mol. The van der Waals surface area contributed by atoms with Gasteiger partial charge >= 0.3 is 5.97 Å². The fraction of sp³-hybridized carbons (Fsp3) is 0.105. The van der Waals surface area contributed by atoms with E-state index in [1.165, 1.54) is 0 Å². The Morgan fingerprint density at radius 2 is 1.52 bits per heavy atom. The Morgan fingerprint density at radius 3 is 2.29 bits per heavy atom. The van der Waals surface area contributed by atoms with E-state index in [-0.39, 0.29) is 12.1 Å². The molecule has 104 valence electrons. The highest BCUT2D eigenvalue weighted by atomic mass is 16.5. The minimum atomic E-state index is -0.294. The molecule has 0 N–H and O–H groups in total. The molecule has 0 saturated heterocycles. The molecule has 21 heavy (non-hydrogen) atoms. The van der Waals surface area contributed by atoms with E-state index in [9.17, 15) is 4.79 Å². The fourth-order valence-corrected chi connectivity index (χ4v) is 2.34. The highest BCUT2D eigenvalue weighted by Gasteiger charge is 2.13. The van der Waals surface area contributed by atoms with Gasteiger partial charge in [-0.25, -0.2) is 4.79 Å². The van der Waals surface area contributed by atoms with E-state index in [0.717, 1.165) is 16.3 Å². The number of carbonyl (C=O) groups is 1. The number of ether oxygens (including phenoxy) is 1. The van der Waals surface area contributed by atoms with Crippen molar-refractivity contribution in [1.82, 2.24) is 0 Å². The molecule has 3 aromatic rings. The van der Waals surface area contributed by atoms with Crippen molar-refractivity contribution in [3.63, 3.8) is 0 Å². The van der Waals surface area contributed by atoms with Crippen LogP contribution in [-0.2, 0) is 4.74 Å². The van der Waals surface area contributed by atoms with Crippen LogP contribution in [0.25, 0.3) is 10.8 Å². The third kappa shape index (κ3) is 2.95. The topological polar surface area (TPSA) is 26.3 Å². The first-order chi connectivity index (χ1) is 10.2. The third-order valence-electron chi connectivity index (χ3n) is 3.54. The van der Waals surface area contributed by atoms with Gasteiger partial charge in [-0.15, -0.1) is 0 Å². The van der Waals surface area contributed by atoms with E-state index in [4.69, 9.17) is 4.74 Å². The maximum absolute atomic E-state index is 12.2. The van der Waals surface area contributed by atoms with E-state index in [0.29, 0.717) is 5.56 Å².